The van der Waals surface area contributed by atoms with Gasteiger partial charge in [0.2, 0.25) is 0 Å². The van der Waals surface area contributed by atoms with E-state index in [1.807, 2.05) is 6.07 Å². The number of hydrogen-bond acceptors (Lipinski definition) is 3. The molecule has 1 atom stereocenters. The Balaban J connectivity index is 2.93. The molecule has 0 fully saturated rings. The van der Waals surface area contributed by atoms with Gasteiger partial charge in [-0.2, -0.15) is 5.26 Å². The summed E-state index contributed by atoms with van der Waals surface area (Å²) in [6.07, 6.45) is 0.203. The molecule has 1 aromatic rings. The fourth-order valence-electron chi connectivity index (χ4n) is 1.48. The van der Waals surface area contributed by atoms with Crippen LogP contribution in [0.15, 0.2) is 22.7 Å². The largest absolute Gasteiger partial charge is 0.478 e. The molecule has 0 saturated carbocycles. The summed E-state index contributed by atoms with van der Waals surface area (Å²) < 4.78 is 0.658. The molecule has 2 amide bonds. The number of benzene rings is 1. The Bertz CT molecular complexity index is 568. The molecule has 0 radical (unpaired) electrons. The zero-order chi connectivity index (χ0) is 15.3. The van der Waals surface area contributed by atoms with Crippen molar-refractivity contribution < 1.29 is 14.7 Å². The van der Waals surface area contributed by atoms with Crippen molar-refractivity contribution in [2.45, 2.75) is 19.4 Å². The van der Waals surface area contributed by atoms with E-state index in [-0.39, 0.29) is 23.7 Å². The Morgan fingerprint density at radius 3 is 2.75 bits per heavy atom. The fourth-order valence-corrected chi connectivity index (χ4v) is 1.84. The van der Waals surface area contributed by atoms with Crippen LogP contribution in [0.4, 0.5) is 10.5 Å². The minimum atomic E-state index is -1.12. The van der Waals surface area contributed by atoms with Gasteiger partial charge in [-0.1, -0.05) is 15.9 Å². The maximum atomic E-state index is 12.0. The second-order valence-electron chi connectivity index (χ2n) is 4.25. The highest BCUT2D eigenvalue weighted by Gasteiger charge is 2.18. The van der Waals surface area contributed by atoms with Gasteiger partial charge in [0.25, 0.3) is 0 Å². The number of rotatable bonds is 4. The SMILES string of the molecule is CC(CC#N)N(C)C(=O)Nc1cc(Br)ccc1C(=O)O. The van der Waals surface area contributed by atoms with E-state index in [9.17, 15) is 9.59 Å². The van der Waals surface area contributed by atoms with Crippen LogP contribution in [0.1, 0.15) is 23.7 Å². The van der Waals surface area contributed by atoms with Gasteiger partial charge in [-0.25, -0.2) is 9.59 Å². The van der Waals surface area contributed by atoms with Gasteiger partial charge in [-0.05, 0) is 25.1 Å². The van der Waals surface area contributed by atoms with E-state index in [2.05, 4.69) is 21.2 Å². The van der Waals surface area contributed by atoms with Crippen molar-refractivity contribution in [1.29, 1.82) is 5.26 Å². The highest BCUT2D eigenvalue weighted by Crippen LogP contribution is 2.22. The highest BCUT2D eigenvalue weighted by atomic mass is 79.9. The van der Waals surface area contributed by atoms with Crippen LogP contribution < -0.4 is 5.32 Å². The van der Waals surface area contributed by atoms with Gasteiger partial charge in [0, 0.05) is 17.6 Å². The first-order valence-electron chi connectivity index (χ1n) is 5.80. The summed E-state index contributed by atoms with van der Waals surface area (Å²) in [5.74, 6) is -1.12. The molecule has 0 aliphatic rings. The van der Waals surface area contributed by atoms with Gasteiger partial charge in [0.1, 0.15) is 0 Å². The summed E-state index contributed by atoms with van der Waals surface area (Å²) in [6, 6.07) is 5.76. The lowest BCUT2D eigenvalue weighted by atomic mass is 10.2. The minimum Gasteiger partial charge on any atom is -0.478 e. The van der Waals surface area contributed by atoms with Crippen LogP contribution in [-0.2, 0) is 0 Å². The molecule has 1 rings (SSSR count). The number of anilines is 1. The molecule has 106 valence electrons. The van der Waals surface area contributed by atoms with Crippen LogP contribution >= 0.6 is 15.9 Å². The maximum absolute atomic E-state index is 12.0. The number of amides is 2. The second-order valence-corrected chi connectivity index (χ2v) is 5.16. The number of carboxylic acids is 1. The topological polar surface area (TPSA) is 93.4 Å². The van der Waals surface area contributed by atoms with Crippen LogP contribution in [0.5, 0.6) is 0 Å². The third-order valence-electron chi connectivity index (χ3n) is 2.82. The van der Waals surface area contributed by atoms with Crippen LogP contribution in [-0.4, -0.2) is 35.1 Å². The summed E-state index contributed by atoms with van der Waals surface area (Å²) in [6.45, 7) is 1.74. The number of urea groups is 1. The molecule has 0 bridgehead atoms. The number of carbonyl (C=O) groups is 2. The summed E-state index contributed by atoms with van der Waals surface area (Å²) >= 11 is 3.23. The Hall–Kier alpha value is -2.07. The molecule has 0 aromatic heterocycles. The molecule has 1 aromatic carbocycles. The Morgan fingerprint density at radius 2 is 2.20 bits per heavy atom. The van der Waals surface area contributed by atoms with E-state index < -0.39 is 12.0 Å². The Morgan fingerprint density at radius 1 is 1.55 bits per heavy atom. The van der Waals surface area contributed by atoms with Gasteiger partial charge >= 0.3 is 12.0 Å². The fraction of sp³-hybridized carbons (Fsp3) is 0.308. The molecule has 0 saturated heterocycles. The predicted molar refractivity (Wildman–Crippen MR) is 77.6 cm³/mol. The van der Waals surface area contributed by atoms with Crippen molar-refractivity contribution in [2.75, 3.05) is 12.4 Å². The smallest absolute Gasteiger partial charge is 0.337 e. The molecule has 6 nitrogen and oxygen atoms in total. The molecule has 0 aliphatic carbocycles. The molecule has 2 N–H and O–H groups in total. The quantitative estimate of drug-likeness (QED) is 0.881. The van der Waals surface area contributed by atoms with Crippen molar-refractivity contribution in [1.82, 2.24) is 4.90 Å². The van der Waals surface area contributed by atoms with E-state index >= 15 is 0 Å². The van der Waals surface area contributed by atoms with E-state index in [1.54, 1.807) is 20.0 Å². The van der Waals surface area contributed by atoms with Gasteiger partial charge < -0.3 is 15.3 Å². The van der Waals surface area contributed by atoms with Crippen molar-refractivity contribution in [3.63, 3.8) is 0 Å². The lowest BCUT2D eigenvalue weighted by molar-refractivity contribution is 0.0698. The molecule has 0 spiro atoms. The molecule has 0 aliphatic heterocycles. The number of carbonyl (C=O) groups excluding carboxylic acids is 1. The highest BCUT2D eigenvalue weighted by molar-refractivity contribution is 9.10. The first-order chi connectivity index (χ1) is 9.36. The van der Waals surface area contributed by atoms with Crippen molar-refractivity contribution >= 4 is 33.6 Å². The second kappa shape index (κ2) is 6.91. The minimum absolute atomic E-state index is 0.00267. The van der Waals surface area contributed by atoms with Gasteiger partial charge in [-0.3, -0.25) is 0 Å². The molecular formula is C13H14BrN3O3. The number of carboxylic acid groups (broad SMARTS) is 1. The third kappa shape index (κ3) is 3.96. The number of nitriles is 1. The average Bonchev–Trinajstić information content (AvgIpc) is 2.37. The number of nitrogens with one attached hydrogen (secondary N) is 1. The number of halogens is 1. The molecule has 20 heavy (non-hydrogen) atoms. The summed E-state index contributed by atoms with van der Waals surface area (Å²) in [5.41, 5.74) is 0.204. The van der Waals surface area contributed by atoms with E-state index in [0.717, 1.165) is 0 Å². The number of aromatic carboxylic acids is 1. The monoisotopic (exact) mass is 339 g/mol. The van der Waals surface area contributed by atoms with Crippen LogP contribution in [0, 0.1) is 11.3 Å². The van der Waals surface area contributed by atoms with Crippen molar-refractivity contribution in [3.8, 4) is 6.07 Å². The predicted octanol–water partition coefficient (Wildman–Crippen LogP) is 2.91. The molecule has 7 heteroatoms. The Kier molecular flexibility index (Phi) is 5.53. The number of nitrogens with zero attached hydrogens (tertiary/aromatic N) is 2. The number of hydrogen-bond donors (Lipinski definition) is 2. The molecule has 1 unspecified atom stereocenters. The normalized spacial score (nSPS) is 11.3. The van der Waals surface area contributed by atoms with Gasteiger partial charge in [0.05, 0.1) is 23.7 Å². The zero-order valence-corrected chi connectivity index (χ0v) is 12.6. The lowest BCUT2D eigenvalue weighted by Crippen LogP contribution is -2.38. The maximum Gasteiger partial charge on any atom is 0.337 e. The first-order valence-corrected chi connectivity index (χ1v) is 6.59. The molecular weight excluding hydrogens is 326 g/mol. The summed E-state index contributed by atoms with van der Waals surface area (Å²) in [7, 11) is 1.55. The van der Waals surface area contributed by atoms with E-state index in [0.29, 0.717) is 4.47 Å². The van der Waals surface area contributed by atoms with Crippen molar-refractivity contribution in [2.24, 2.45) is 0 Å². The standard InChI is InChI=1S/C13H14BrN3O3/c1-8(5-6-15)17(2)13(20)16-11-7-9(14)3-4-10(11)12(18)19/h3-4,7-8H,5H2,1-2H3,(H,16,20)(H,18,19). The van der Waals surface area contributed by atoms with Gasteiger partial charge in [0.15, 0.2) is 0 Å². The summed E-state index contributed by atoms with van der Waals surface area (Å²) in [5, 5.41) is 20.2. The van der Waals surface area contributed by atoms with Crippen LogP contribution in [0.3, 0.4) is 0 Å². The third-order valence-corrected chi connectivity index (χ3v) is 3.32. The molecule has 0 heterocycles. The van der Waals surface area contributed by atoms with E-state index in [4.69, 9.17) is 10.4 Å². The Labute approximate surface area is 125 Å². The summed E-state index contributed by atoms with van der Waals surface area (Å²) in [4.78, 5) is 24.5. The average molecular weight is 340 g/mol. The van der Waals surface area contributed by atoms with Crippen LogP contribution in [0.25, 0.3) is 0 Å². The first kappa shape index (κ1) is 16.0. The van der Waals surface area contributed by atoms with Crippen molar-refractivity contribution in [3.05, 3.63) is 28.2 Å². The van der Waals surface area contributed by atoms with Crippen LogP contribution in [0.2, 0.25) is 0 Å². The van der Waals surface area contributed by atoms with E-state index in [1.165, 1.54) is 17.0 Å². The zero-order valence-electron chi connectivity index (χ0n) is 11.1. The van der Waals surface area contributed by atoms with Gasteiger partial charge in [-0.15, -0.1) is 0 Å². The lowest BCUT2D eigenvalue weighted by Gasteiger charge is -2.23.